The van der Waals surface area contributed by atoms with Crippen LogP contribution in [0.1, 0.15) is 11.1 Å². The van der Waals surface area contributed by atoms with Crippen molar-refractivity contribution < 1.29 is 4.39 Å². The van der Waals surface area contributed by atoms with Crippen LogP contribution in [-0.4, -0.2) is 47.6 Å². The zero-order valence-corrected chi connectivity index (χ0v) is 15.1. The van der Waals surface area contributed by atoms with Crippen LogP contribution >= 0.6 is 12.2 Å². The fraction of sp³-hybridized carbons (Fsp3) is 0.350. The molecular weight excluding hydrogens is 333 g/mol. The highest BCUT2D eigenvalue weighted by atomic mass is 32.1. The summed E-state index contributed by atoms with van der Waals surface area (Å²) in [4.78, 5) is 4.49. The minimum atomic E-state index is -0.122. The van der Waals surface area contributed by atoms with E-state index in [0.29, 0.717) is 6.54 Å². The van der Waals surface area contributed by atoms with Gasteiger partial charge in [-0.1, -0.05) is 48.5 Å². The molecule has 132 valence electrons. The van der Waals surface area contributed by atoms with E-state index in [9.17, 15) is 4.39 Å². The zero-order chi connectivity index (χ0) is 17.5. The van der Waals surface area contributed by atoms with Gasteiger partial charge in [0.15, 0.2) is 5.11 Å². The summed E-state index contributed by atoms with van der Waals surface area (Å²) in [6.07, 6.45) is 0.966. The van der Waals surface area contributed by atoms with Crippen LogP contribution in [0.4, 0.5) is 4.39 Å². The van der Waals surface area contributed by atoms with E-state index in [1.54, 1.807) is 6.07 Å². The Balaban J connectivity index is 1.39. The van der Waals surface area contributed by atoms with Gasteiger partial charge >= 0.3 is 0 Å². The molecule has 3 rings (SSSR count). The van der Waals surface area contributed by atoms with Gasteiger partial charge in [-0.15, -0.1) is 0 Å². The van der Waals surface area contributed by atoms with Gasteiger partial charge in [-0.3, -0.25) is 4.90 Å². The van der Waals surface area contributed by atoms with E-state index in [2.05, 4.69) is 39.4 Å². The van der Waals surface area contributed by atoms with E-state index in [1.807, 2.05) is 18.2 Å². The summed E-state index contributed by atoms with van der Waals surface area (Å²) in [5.41, 5.74) is 2.08. The normalized spacial score (nSPS) is 15.2. The second-order valence-electron chi connectivity index (χ2n) is 6.32. The van der Waals surface area contributed by atoms with Gasteiger partial charge in [-0.2, -0.15) is 0 Å². The van der Waals surface area contributed by atoms with Gasteiger partial charge in [0.2, 0.25) is 0 Å². The van der Waals surface area contributed by atoms with Crippen molar-refractivity contribution in [3.8, 4) is 0 Å². The molecule has 25 heavy (non-hydrogen) atoms. The Labute approximate surface area is 154 Å². The van der Waals surface area contributed by atoms with Gasteiger partial charge < -0.3 is 10.2 Å². The molecule has 1 aliphatic heterocycles. The van der Waals surface area contributed by atoms with Gasteiger partial charge in [0.05, 0.1) is 0 Å². The molecule has 0 aromatic heterocycles. The Morgan fingerprint density at radius 1 is 0.960 bits per heavy atom. The van der Waals surface area contributed by atoms with E-state index < -0.39 is 0 Å². The van der Waals surface area contributed by atoms with Crippen LogP contribution in [0.5, 0.6) is 0 Å². The first kappa shape index (κ1) is 17.8. The number of piperazine rings is 1. The summed E-state index contributed by atoms with van der Waals surface area (Å²) in [5.74, 6) is -0.122. The second-order valence-corrected chi connectivity index (χ2v) is 6.71. The first-order valence-electron chi connectivity index (χ1n) is 8.75. The van der Waals surface area contributed by atoms with E-state index in [4.69, 9.17) is 12.2 Å². The molecule has 0 bridgehead atoms. The number of thiocarbonyl (C=S) groups is 1. The minimum Gasteiger partial charge on any atom is -0.362 e. The Bertz CT molecular complexity index is 684. The highest BCUT2D eigenvalue weighted by Gasteiger charge is 2.19. The van der Waals surface area contributed by atoms with E-state index in [1.165, 1.54) is 11.6 Å². The van der Waals surface area contributed by atoms with Crippen LogP contribution in [-0.2, 0) is 13.0 Å². The lowest BCUT2D eigenvalue weighted by Crippen LogP contribution is -2.51. The van der Waals surface area contributed by atoms with Crippen molar-refractivity contribution in [1.29, 1.82) is 0 Å². The average molecular weight is 357 g/mol. The number of nitrogens with one attached hydrogen (secondary N) is 1. The van der Waals surface area contributed by atoms with E-state index in [0.717, 1.165) is 49.8 Å². The highest BCUT2D eigenvalue weighted by molar-refractivity contribution is 7.80. The van der Waals surface area contributed by atoms with Crippen LogP contribution in [0.2, 0.25) is 0 Å². The third-order valence-corrected chi connectivity index (χ3v) is 4.95. The van der Waals surface area contributed by atoms with Crippen LogP contribution in [0.3, 0.4) is 0 Å². The van der Waals surface area contributed by atoms with Gasteiger partial charge in [0, 0.05) is 44.8 Å². The van der Waals surface area contributed by atoms with Crippen molar-refractivity contribution in [2.45, 2.75) is 13.0 Å². The monoisotopic (exact) mass is 357 g/mol. The standard InChI is InChI=1S/C20H24FN3S/c21-19-9-5-4-8-18(19)16-23-12-14-24(15-13-23)20(25)22-11-10-17-6-2-1-3-7-17/h1-9H,10-16H2,(H,22,25). The number of nitrogens with zero attached hydrogens (tertiary/aromatic N) is 2. The smallest absolute Gasteiger partial charge is 0.169 e. The molecule has 1 aliphatic rings. The first-order valence-corrected chi connectivity index (χ1v) is 9.15. The van der Waals surface area contributed by atoms with Gasteiger partial charge in [-0.05, 0) is 30.3 Å². The number of hydrogen-bond acceptors (Lipinski definition) is 2. The third kappa shape index (κ3) is 5.25. The highest BCUT2D eigenvalue weighted by Crippen LogP contribution is 2.12. The fourth-order valence-corrected chi connectivity index (χ4v) is 3.33. The number of rotatable bonds is 5. The number of benzene rings is 2. The fourth-order valence-electron chi connectivity index (χ4n) is 3.05. The predicted molar refractivity (Wildman–Crippen MR) is 104 cm³/mol. The molecule has 0 saturated carbocycles. The molecule has 5 heteroatoms. The van der Waals surface area contributed by atoms with Gasteiger partial charge in [0.1, 0.15) is 5.82 Å². The third-order valence-electron chi connectivity index (χ3n) is 4.54. The molecule has 1 fully saturated rings. The van der Waals surface area contributed by atoms with E-state index >= 15 is 0 Å². The van der Waals surface area contributed by atoms with E-state index in [-0.39, 0.29) is 5.82 Å². The van der Waals surface area contributed by atoms with Crippen molar-refractivity contribution in [3.05, 3.63) is 71.5 Å². The molecule has 0 aliphatic carbocycles. The molecule has 1 heterocycles. The Morgan fingerprint density at radius 3 is 2.36 bits per heavy atom. The summed E-state index contributed by atoms with van der Waals surface area (Å²) in [6, 6.07) is 17.4. The Kier molecular flexibility index (Phi) is 6.36. The molecule has 2 aromatic carbocycles. The lowest BCUT2D eigenvalue weighted by atomic mass is 10.1. The maximum atomic E-state index is 13.8. The van der Waals surface area contributed by atoms with Crippen molar-refractivity contribution in [3.63, 3.8) is 0 Å². The molecule has 1 N–H and O–H groups in total. The molecule has 0 atom stereocenters. The van der Waals surface area contributed by atoms with Crippen molar-refractivity contribution >= 4 is 17.3 Å². The summed E-state index contributed by atoms with van der Waals surface area (Å²) in [5, 5.41) is 4.17. The van der Waals surface area contributed by atoms with Crippen LogP contribution in [0, 0.1) is 5.82 Å². The summed E-state index contributed by atoms with van der Waals surface area (Å²) in [6.45, 7) is 5.06. The molecule has 3 nitrogen and oxygen atoms in total. The molecule has 0 spiro atoms. The van der Waals surface area contributed by atoms with Crippen LogP contribution in [0.25, 0.3) is 0 Å². The van der Waals surface area contributed by atoms with Crippen molar-refractivity contribution in [2.24, 2.45) is 0 Å². The minimum absolute atomic E-state index is 0.122. The maximum absolute atomic E-state index is 13.8. The Hall–Kier alpha value is -1.98. The largest absolute Gasteiger partial charge is 0.362 e. The zero-order valence-electron chi connectivity index (χ0n) is 14.3. The predicted octanol–water partition coefficient (Wildman–Crippen LogP) is 3.06. The maximum Gasteiger partial charge on any atom is 0.169 e. The summed E-state index contributed by atoms with van der Waals surface area (Å²) >= 11 is 5.51. The SMILES string of the molecule is Fc1ccccc1CN1CCN(C(=S)NCCc2ccccc2)CC1. The topological polar surface area (TPSA) is 18.5 Å². The van der Waals surface area contributed by atoms with Crippen molar-refractivity contribution in [1.82, 2.24) is 15.1 Å². The van der Waals surface area contributed by atoms with Crippen molar-refractivity contribution in [2.75, 3.05) is 32.7 Å². The number of hydrogen-bond donors (Lipinski definition) is 1. The van der Waals surface area contributed by atoms with Gasteiger partial charge in [0.25, 0.3) is 0 Å². The van der Waals surface area contributed by atoms with Gasteiger partial charge in [-0.25, -0.2) is 4.39 Å². The van der Waals surface area contributed by atoms with Crippen LogP contribution in [0.15, 0.2) is 54.6 Å². The molecule has 0 radical (unpaired) electrons. The average Bonchev–Trinajstić information content (AvgIpc) is 2.65. The first-order chi connectivity index (χ1) is 12.2. The summed E-state index contributed by atoms with van der Waals surface area (Å²) < 4.78 is 13.8. The Morgan fingerprint density at radius 2 is 1.64 bits per heavy atom. The molecular formula is C20H24FN3S. The lowest BCUT2D eigenvalue weighted by Gasteiger charge is -2.36. The molecule has 0 amide bonds. The lowest BCUT2D eigenvalue weighted by molar-refractivity contribution is 0.173. The van der Waals surface area contributed by atoms with Crippen LogP contribution < -0.4 is 5.32 Å². The molecule has 0 unspecified atom stereocenters. The second kappa shape index (κ2) is 8.92. The molecule has 1 saturated heterocycles. The molecule has 2 aromatic rings. The number of halogens is 1. The quantitative estimate of drug-likeness (QED) is 0.829. The summed E-state index contributed by atoms with van der Waals surface area (Å²) in [7, 11) is 0.